The molecule has 2 bridgehead atoms. The van der Waals surface area contributed by atoms with Gasteiger partial charge in [-0.15, -0.1) is 18.3 Å². The van der Waals surface area contributed by atoms with Crippen LogP contribution in [0, 0.1) is 11.8 Å². The van der Waals surface area contributed by atoms with Crippen LogP contribution in [0.15, 0.2) is 55.1 Å². The van der Waals surface area contributed by atoms with Crippen LogP contribution < -0.4 is 4.90 Å². The van der Waals surface area contributed by atoms with Crippen LogP contribution in [0.3, 0.4) is 0 Å². The Balaban J connectivity index is 1.58. The molecule has 0 saturated carbocycles. The lowest BCUT2D eigenvalue weighted by Crippen LogP contribution is -2.55. The van der Waals surface area contributed by atoms with E-state index < -0.39 is 27.4 Å². The first-order chi connectivity index (χ1) is 17.3. The standard InChI is InChI=1S/C28H32N2O5S/c1-4-14-29(20-11-10-18-8-6-7-9-19(18)17-20)25(33)23-28-13-12-27(3,36-28)22(26(34)35-5-2)21(28)24(32)30(23)15-16-31/h4,6-11,17,21-23,31H,1,5,12-16H2,2-3H3/t21-,22-,23?,27+,28?/m0/s1. The summed E-state index contributed by atoms with van der Waals surface area (Å²) in [6, 6.07) is 13.0. The molecule has 5 atom stereocenters. The molecule has 5 rings (SSSR count). The van der Waals surface area contributed by atoms with Crippen LogP contribution in [-0.2, 0) is 19.1 Å². The Kier molecular flexibility index (Phi) is 6.37. The lowest BCUT2D eigenvalue weighted by molar-refractivity contribution is -0.155. The molecule has 3 saturated heterocycles. The number of amides is 2. The van der Waals surface area contributed by atoms with Gasteiger partial charge in [0.05, 0.1) is 29.8 Å². The van der Waals surface area contributed by atoms with Crippen molar-refractivity contribution in [3.8, 4) is 0 Å². The van der Waals surface area contributed by atoms with Crippen molar-refractivity contribution in [3.05, 3.63) is 55.1 Å². The minimum atomic E-state index is -0.792. The average molecular weight is 509 g/mol. The number of β-amino-alcohol motifs (C(OH)–C–C–N with tert-alkyl or cyclic N) is 1. The van der Waals surface area contributed by atoms with E-state index >= 15 is 0 Å². The molecule has 7 nitrogen and oxygen atoms in total. The third-order valence-electron chi connectivity index (χ3n) is 8.01. The second-order valence-electron chi connectivity index (χ2n) is 10.0. The molecule has 2 amide bonds. The smallest absolute Gasteiger partial charge is 0.311 e. The number of benzene rings is 2. The van der Waals surface area contributed by atoms with Gasteiger partial charge in [-0.2, -0.15) is 0 Å². The number of likely N-dealkylation sites (tertiary alicyclic amines) is 1. The maximum atomic E-state index is 14.4. The van der Waals surface area contributed by atoms with Crippen molar-refractivity contribution < 1.29 is 24.2 Å². The van der Waals surface area contributed by atoms with Crippen LogP contribution in [-0.4, -0.2) is 69.6 Å². The normalized spacial score (nSPS) is 30.5. The van der Waals surface area contributed by atoms with E-state index in [0.717, 1.165) is 22.9 Å². The van der Waals surface area contributed by atoms with Crippen LogP contribution in [0.5, 0.6) is 0 Å². The highest BCUT2D eigenvalue weighted by atomic mass is 32.2. The number of esters is 1. The van der Waals surface area contributed by atoms with Gasteiger partial charge in [-0.3, -0.25) is 14.4 Å². The Hall–Kier alpha value is -2.84. The van der Waals surface area contributed by atoms with Crippen molar-refractivity contribution in [1.82, 2.24) is 4.90 Å². The predicted molar refractivity (Wildman–Crippen MR) is 141 cm³/mol. The number of carbonyl (C=O) groups is 3. The highest BCUT2D eigenvalue weighted by molar-refractivity contribution is 8.02. The fourth-order valence-corrected chi connectivity index (χ4v) is 8.93. The first kappa shape index (κ1) is 24.8. The van der Waals surface area contributed by atoms with Crippen molar-refractivity contribution in [2.75, 3.05) is 31.2 Å². The third-order valence-corrected chi connectivity index (χ3v) is 10.0. The first-order valence-electron chi connectivity index (χ1n) is 12.5. The SMILES string of the molecule is C=CCN(C(=O)C1N(CCO)C(=O)[C@@H]2[C@@H](C(=O)OCC)[C@@]3(C)CCC12S3)c1ccc2ccccc2c1. The fraction of sp³-hybridized carbons (Fsp3) is 0.464. The molecular weight excluding hydrogens is 476 g/mol. The number of aliphatic hydroxyl groups excluding tert-OH is 1. The van der Waals surface area contributed by atoms with Crippen molar-refractivity contribution >= 4 is 46.0 Å². The lowest BCUT2D eigenvalue weighted by atomic mass is 9.66. The van der Waals surface area contributed by atoms with Gasteiger partial charge in [0.25, 0.3) is 5.91 Å². The summed E-state index contributed by atoms with van der Waals surface area (Å²) in [5, 5.41) is 11.9. The molecule has 3 aliphatic rings. The molecule has 2 aromatic rings. The van der Waals surface area contributed by atoms with Crippen LogP contribution in [0.4, 0.5) is 5.69 Å². The quantitative estimate of drug-likeness (QED) is 0.435. The lowest BCUT2D eigenvalue weighted by Gasteiger charge is -2.37. The summed E-state index contributed by atoms with van der Waals surface area (Å²) < 4.78 is 4.19. The molecule has 0 aliphatic carbocycles. The topological polar surface area (TPSA) is 87.2 Å². The van der Waals surface area contributed by atoms with Crippen molar-refractivity contribution in [3.63, 3.8) is 0 Å². The number of rotatable bonds is 8. The van der Waals surface area contributed by atoms with Gasteiger partial charge in [-0.1, -0.05) is 36.4 Å². The Labute approximate surface area is 215 Å². The fourth-order valence-electron chi connectivity index (χ4n) is 6.59. The van der Waals surface area contributed by atoms with Crippen molar-refractivity contribution in [1.29, 1.82) is 0 Å². The Morgan fingerprint density at radius 3 is 2.69 bits per heavy atom. The number of carbonyl (C=O) groups excluding carboxylic acids is 3. The summed E-state index contributed by atoms with van der Waals surface area (Å²) >= 11 is 1.60. The number of hydrogen-bond acceptors (Lipinski definition) is 6. The van der Waals surface area contributed by atoms with E-state index in [2.05, 4.69) is 6.58 Å². The van der Waals surface area contributed by atoms with Gasteiger partial charge < -0.3 is 19.6 Å². The van der Waals surface area contributed by atoms with Gasteiger partial charge in [-0.05, 0) is 49.6 Å². The summed E-state index contributed by atoms with van der Waals surface area (Å²) in [5.74, 6) is -2.09. The molecule has 2 unspecified atom stereocenters. The number of anilines is 1. The molecule has 3 heterocycles. The number of nitrogens with zero attached hydrogens (tertiary/aromatic N) is 2. The van der Waals surface area contributed by atoms with Crippen molar-refractivity contribution in [2.24, 2.45) is 11.8 Å². The number of aliphatic hydroxyl groups is 1. The number of fused-ring (bicyclic) bond motifs is 2. The van der Waals surface area contributed by atoms with Crippen LogP contribution in [0.1, 0.15) is 26.7 Å². The van der Waals surface area contributed by atoms with Gasteiger partial charge in [0.15, 0.2) is 0 Å². The Bertz CT molecular complexity index is 1230. The molecule has 190 valence electrons. The van der Waals surface area contributed by atoms with Gasteiger partial charge >= 0.3 is 5.97 Å². The monoisotopic (exact) mass is 508 g/mol. The maximum absolute atomic E-state index is 14.4. The number of hydrogen-bond donors (Lipinski definition) is 1. The van der Waals surface area contributed by atoms with E-state index in [0.29, 0.717) is 6.42 Å². The molecule has 1 N–H and O–H groups in total. The van der Waals surface area contributed by atoms with E-state index in [1.165, 1.54) is 4.90 Å². The molecule has 8 heteroatoms. The molecular formula is C28H32N2O5S. The molecule has 0 radical (unpaired) electrons. The largest absolute Gasteiger partial charge is 0.466 e. The van der Waals surface area contributed by atoms with Crippen molar-refractivity contribution in [2.45, 2.75) is 42.2 Å². The molecule has 36 heavy (non-hydrogen) atoms. The minimum Gasteiger partial charge on any atom is -0.466 e. The van der Waals surface area contributed by atoms with E-state index in [-0.39, 0.29) is 44.1 Å². The molecule has 0 aromatic heterocycles. The Morgan fingerprint density at radius 2 is 2.00 bits per heavy atom. The second kappa shape index (κ2) is 9.23. The van der Waals surface area contributed by atoms with E-state index in [4.69, 9.17) is 4.74 Å². The van der Waals surface area contributed by atoms with Crippen LogP contribution in [0.2, 0.25) is 0 Å². The van der Waals surface area contributed by atoms with E-state index in [9.17, 15) is 19.5 Å². The van der Waals surface area contributed by atoms with Gasteiger partial charge in [0, 0.05) is 23.5 Å². The van der Waals surface area contributed by atoms with Crippen LogP contribution >= 0.6 is 11.8 Å². The van der Waals surface area contributed by atoms with Crippen LogP contribution in [0.25, 0.3) is 10.8 Å². The van der Waals surface area contributed by atoms with E-state index in [1.54, 1.807) is 29.7 Å². The Morgan fingerprint density at radius 1 is 1.25 bits per heavy atom. The number of ether oxygens (including phenoxy) is 1. The first-order valence-corrected chi connectivity index (χ1v) is 13.3. The molecule has 1 spiro atoms. The number of thioether (sulfide) groups is 1. The summed E-state index contributed by atoms with van der Waals surface area (Å²) in [5.41, 5.74) is 0.723. The zero-order valence-electron chi connectivity index (χ0n) is 20.7. The third kappa shape index (κ3) is 3.57. The average Bonchev–Trinajstić information content (AvgIpc) is 3.43. The highest BCUT2D eigenvalue weighted by Crippen LogP contribution is 2.71. The van der Waals surface area contributed by atoms with Gasteiger partial charge in [0.2, 0.25) is 5.91 Å². The minimum absolute atomic E-state index is 0.0416. The summed E-state index contributed by atoms with van der Waals surface area (Å²) in [7, 11) is 0. The summed E-state index contributed by atoms with van der Waals surface area (Å²) in [6.45, 7) is 7.93. The molecule has 2 aromatic carbocycles. The maximum Gasteiger partial charge on any atom is 0.311 e. The zero-order chi connectivity index (χ0) is 25.7. The molecule has 3 fully saturated rings. The zero-order valence-corrected chi connectivity index (χ0v) is 21.5. The predicted octanol–water partition coefficient (Wildman–Crippen LogP) is 3.40. The highest BCUT2D eigenvalue weighted by Gasteiger charge is 2.77. The summed E-state index contributed by atoms with van der Waals surface area (Å²) in [4.78, 5) is 44.5. The van der Waals surface area contributed by atoms with E-state index in [1.807, 2.05) is 49.4 Å². The molecule has 3 aliphatic heterocycles. The van der Waals surface area contributed by atoms with Gasteiger partial charge in [0.1, 0.15) is 6.04 Å². The van der Waals surface area contributed by atoms with Gasteiger partial charge in [-0.25, -0.2) is 0 Å². The second-order valence-corrected chi connectivity index (χ2v) is 11.9. The summed E-state index contributed by atoms with van der Waals surface area (Å²) in [6.07, 6.45) is 3.05.